The zero-order valence-electron chi connectivity index (χ0n) is 33.5. The van der Waals surface area contributed by atoms with Crippen molar-refractivity contribution in [3.63, 3.8) is 0 Å². The molecule has 4 aromatic rings. The van der Waals surface area contributed by atoms with Gasteiger partial charge in [0.05, 0.1) is 96.0 Å². The number of carbonyl (C=O) groups excluding carboxylic acids is 3. The van der Waals surface area contributed by atoms with Crippen LogP contribution >= 0.6 is 0 Å². The molecule has 2 saturated heterocycles. The fourth-order valence-corrected chi connectivity index (χ4v) is 7.39. The second-order valence-electron chi connectivity index (χ2n) is 14.6. The molecule has 1 unspecified atom stereocenters. The van der Waals surface area contributed by atoms with Gasteiger partial charge < -0.3 is 48.3 Å². The van der Waals surface area contributed by atoms with E-state index in [9.17, 15) is 19.5 Å². The summed E-state index contributed by atoms with van der Waals surface area (Å²) in [5.41, 5.74) is 4.94. The van der Waals surface area contributed by atoms with Crippen LogP contribution in [0.25, 0.3) is 0 Å². The standard InChI is InChI=1S/C46H52N2O12/c49-31-33-8-10-35(11-9-33)42-41(34-4-2-1-3-5-34)40(30-48-16-18-53-20-22-55-24-26-57-27-25-56-23-21-54-19-17-48)58-46(59-42)36-12-6-32(7-13-36)29-47-43(50)37-14-15-38-39(28-37)45(52)60-44(38)51/h1-15,28,40-42,46,49H,16-27,29-31H2,(H,47,50)/t40-,41-,42+,46?/m1/s1. The average molecular weight is 825 g/mol. The minimum Gasteiger partial charge on any atom is -0.392 e. The summed E-state index contributed by atoms with van der Waals surface area (Å²) >= 11 is 0. The zero-order chi connectivity index (χ0) is 41.5. The zero-order valence-corrected chi connectivity index (χ0v) is 33.5. The molecule has 3 heterocycles. The molecule has 0 aromatic heterocycles. The van der Waals surface area contributed by atoms with Crippen molar-refractivity contribution in [3.8, 4) is 0 Å². The largest absolute Gasteiger partial charge is 0.392 e. The van der Waals surface area contributed by atoms with Gasteiger partial charge in [-0.05, 0) is 40.5 Å². The first-order valence-electron chi connectivity index (χ1n) is 20.4. The third kappa shape index (κ3) is 11.7. The highest BCUT2D eigenvalue weighted by Gasteiger charge is 2.42. The summed E-state index contributed by atoms with van der Waals surface area (Å²) in [6.07, 6.45) is -1.48. The Kier molecular flexibility index (Phi) is 15.9. The number of carbonyl (C=O) groups is 3. The summed E-state index contributed by atoms with van der Waals surface area (Å²) in [5.74, 6) is -2.07. The molecule has 4 aromatic carbocycles. The molecule has 0 saturated carbocycles. The number of cyclic esters (lactones) is 2. The molecule has 14 heteroatoms. The van der Waals surface area contributed by atoms with Crippen LogP contribution in [0.4, 0.5) is 0 Å². The van der Waals surface area contributed by atoms with E-state index in [1.54, 1.807) is 0 Å². The molecule has 14 nitrogen and oxygen atoms in total. The number of nitrogens with one attached hydrogen (secondary N) is 1. The Labute approximate surface area is 349 Å². The van der Waals surface area contributed by atoms with Gasteiger partial charge in [-0.15, -0.1) is 0 Å². The van der Waals surface area contributed by atoms with E-state index in [0.717, 1.165) is 27.8 Å². The maximum absolute atomic E-state index is 13.0. The van der Waals surface area contributed by atoms with Crippen molar-refractivity contribution in [2.24, 2.45) is 0 Å². The van der Waals surface area contributed by atoms with Gasteiger partial charge >= 0.3 is 11.9 Å². The van der Waals surface area contributed by atoms with Crippen molar-refractivity contribution in [1.29, 1.82) is 0 Å². The number of nitrogens with zero attached hydrogens (tertiary/aromatic N) is 1. The maximum Gasteiger partial charge on any atom is 0.346 e. The Bertz CT molecular complexity index is 1980. The minimum absolute atomic E-state index is 0.0657. The van der Waals surface area contributed by atoms with E-state index in [0.29, 0.717) is 85.7 Å². The lowest BCUT2D eigenvalue weighted by Gasteiger charge is -2.44. The highest BCUT2D eigenvalue weighted by atomic mass is 16.7. The molecule has 3 aliphatic rings. The van der Waals surface area contributed by atoms with Crippen LogP contribution in [-0.4, -0.2) is 120 Å². The SMILES string of the molecule is O=C(NCc1ccc(C2O[C@H](CN3CCOCCOCCOCCOCCOCC3)[C@@H](c3ccccc3)[C@H](c3ccc(CO)cc3)O2)cc1)c1ccc2c(c1)C(=O)OC2=O. The van der Waals surface area contributed by atoms with Crippen LogP contribution in [0.3, 0.4) is 0 Å². The highest BCUT2D eigenvalue weighted by Crippen LogP contribution is 2.47. The van der Waals surface area contributed by atoms with Crippen LogP contribution in [0.5, 0.6) is 0 Å². The second kappa shape index (κ2) is 22.1. The Hall–Kier alpha value is -4.87. The maximum atomic E-state index is 13.0. The molecule has 318 valence electrons. The summed E-state index contributed by atoms with van der Waals surface area (Å²) in [6, 6.07) is 30.1. The van der Waals surface area contributed by atoms with Crippen LogP contribution in [0.1, 0.15) is 77.2 Å². The van der Waals surface area contributed by atoms with Gasteiger partial charge in [-0.2, -0.15) is 0 Å². The summed E-state index contributed by atoms with van der Waals surface area (Å²) in [4.78, 5) is 39.2. The summed E-state index contributed by atoms with van der Waals surface area (Å²) in [6.45, 7) is 6.84. The fourth-order valence-electron chi connectivity index (χ4n) is 7.39. The highest BCUT2D eigenvalue weighted by molar-refractivity contribution is 6.15. The number of aliphatic hydroxyl groups excluding tert-OH is 1. The van der Waals surface area contributed by atoms with E-state index in [1.165, 1.54) is 18.2 Å². The molecular weight excluding hydrogens is 773 g/mol. The summed E-state index contributed by atoms with van der Waals surface area (Å²) in [7, 11) is 0. The number of hydrogen-bond acceptors (Lipinski definition) is 13. The Morgan fingerprint density at radius 3 is 1.80 bits per heavy atom. The molecule has 0 spiro atoms. The van der Waals surface area contributed by atoms with Gasteiger partial charge in [0, 0.05) is 43.2 Å². The van der Waals surface area contributed by atoms with Gasteiger partial charge in [0.25, 0.3) is 5.91 Å². The second-order valence-corrected chi connectivity index (χ2v) is 14.6. The molecule has 0 bridgehead atoms. The Morgan fingerprint density at radius 1 is 0.617 bits per heavy atom. The van der Waals surface area contributed by atoms with Crippen LogP contribution < -0.4 is 5.32 Å². The summed E-state index contributed by atoms with van der Waals surface area (Å²) < 4.78 is 47.4. The molecule has 0 radical (unpaired) electrons. The predicted molar refractivity (Wildman–Crippen MR) is 217 cm³/mol. The van der Waals surface area contributed by atoms with E-state index in [4.69, 9.17) is 33.2 Å². The van der Waals surface area contributed by atoms with E-state index in [1.807, 2.05) is 66.7 Å². The van der Waals surface area contributed by atoms with Crippen LogP contribution in [0.2, 0.25) is 0 Å². The van der Waals surface area contributed by atoms with Gasteiger partial charge in [0.2, 0.25) is 0 Å². The number of amides is 1. The smallest absolute Gasteiger partial charge is 0.346 e. The Balaban J connectivity index is 1.10. The third-order valence-electron chi connectivity index (χ3n) is 10.6. The van der Waals surface area contributed by atoms with E-state index < -0.39 is 30.2 Å². The molecule has 0 aliphatic carbocycles. The molecule has 3 aliphatic heterocycles. The number of ether oxygens (including phenoxy) is 8. The van der Waals surface area contributed by atoms with Crippen molar-refractivity contribution in [2.75, 3.05) is 85.7 Å². The first-order chi connectivity index (χ1) is 29.5. The molecule has 1 amide bonds. The average Bonchev–Trinajstić information content (AvgIpc) is 3.57. The van der Waals surface area contributed by atoms with Crippen LogP contribution in [0.15, 0.2) is 97.1 Å². The van der Waals surface area contributed by atoms with Crippen molar-refractivity contribution in [2.45, 2.75) is 37.6 Å². The van der Waals surface area contributed by atoms with Gasteiger partial charge in [0.1, 0.15) is 0 Å². The number of benzene rings is 4. The lowest BCUT2D eigenvalue weighted by molar-refractivity contribution is -0.263. The fraction of sp³-hybridized carbons (Fsp3) is 0.413. The monoisotopic (exact) mass is 824 g/mol. The molecule has 2 N–H and O–H groups in total. The van der Waals surface area contributed by atoms with Gasteiger partial charge in [0.15, 0.2) is 6.29 Å². The van der Waals surface area contributed by atoms with Crippen molar-refractivity contribution < 1.29 is 57.4 Å². The number of aliphatic hydroxyl groups is 1. The van der Waals surface area contributed by atoms with Gasteiger partial charge in [-0.25, -0.2) is 9.59 Å². The quantitative estimate of drug-likeness (QED) is 0.176. The van der Waals surface area contributed by atoms with Crippen molar-refractivity contribution >= 4 is 17.8 Å². The van der Waals surface area contributed by atoms with Gasteiger partial charge in [-0.3, -0.25) is 9.69 Å². The third-order valence-corrected chi connectivity index (χ3v) is 10.6. The first kappa shape index (κ1) is 43.2. The lowest BCUT2D eigenvalue weighted by atomic mass is 9.83. The van der Waals surface area contributed by atoms with Crippen LogP contribution in [-0.2, 0) is 51.0 Å². The first-order valence-corrected chi connectivity index (χ1v) is 20.4. The lowest BCUT2D eigenvalue weighted by Crippen LogP contribution is -2.46. The number of rotatable bonds is 9. The van der Waals surface area contributed by atoms with Gasteiger partial charge in [-0.1, -0.05) is 78.9 Å². The molecule has 60 heavy (non-hydrogen) atoms. The number of hydrogen-bond donors (Lipinski definition) is 2. The van der Waals surface area contributed by atoms with E-state index in [-0.39, 0.29) is 41.9 Å². The molecule has 2 fully saturated rings. The molecular formula is C46H52N2O12. The normalized spacial score (nSPS) is 22.9. The summed E-state index contributed by atoms with van der Waals surface area (Å²) in [5, 5.41) is 12.7. The van der Waals surface area contributed by atoms with Crippen molar-refractivity contribution in [1.82, 2.24) is 10.2 Å². The van der Waals surface area contributed by atoms with E-state index in [2.05, 4.69) is 27.1 Å². The van der Waals surface area contributed by atoms with E-state index >= 15 is 0 Å². The molecule has 4 atom stereocenters. The number of esters is 2. The minimum atomic E-state index is -0.764. The topological polar surface area (TPSA) is 161 Å². The van der Waals surface area contributed by atoms with Crippen LogP contribution in [0, 0.1) is 0 Å². The molecule has 7 rings (SSSR count). The predicted octanol–water partition coefficient (Wildman–Crippen LogP) is 4.76. The van der Waals surface area contributed by atoms with Crippen molar-refractivity contribution in [3.05, 3.63) is 142 Å². The Morgan fingerprint density at radius 2 is 1.18 bits per heavy atom. The number of fused-ring (bicyclic) bond motifs is 1.